The van der Waals surface area contributed by atoms with Gasteiger partial charge in [-0.1, -0.05) is 42.0 Å². The maximum Gasteiger partial charge on any atom is 0.247 e. The first-order valence-corrected chi connectivity index (χ1v) is 9.55. The van der Waals surface area contributed by atoms with Crippen molar-refractivity contribution in [3.63, 3.8) is 0 Å². The molecule has 0 aromatic heterocycles. The molecule has 5 nitrogen and oxygen atoms in total. The van der Waals surface area contributed by atoms with Crippen LogP contribution in [0.25, 0.3) is 0 Å². The first kappa shape index (κ1) is 20.0. The number of methoxy groups -OCH3 is 2. The second kappa shape index (κ2) is 9.42. The number of nitrogens with one attached hydrogen (secondary N) is 1. The Morgan fingerprint density at radius 2 is 1.89 bits per heavy atom. The van der Waals surface area contributed by atoms with Gasteiger partial charge in [-0.3, -0.25) is 9.69 Å². The molecule has 0 aliphatic carbocycles. The van der Waals surface area contributed by atoms with Crippen LogP contribution in [0.15, 0.2) is 54.1 Å². The molecule has 0 unspecified atom stereocenters. The van der Waals surface area contributed by atoms with Crippen LogP contribution in [-0.2, 0) is 17.9 Å². The van der Waals surface area contributed by atoms with Crippen molar-refractivity contribution in [1.29, 1.82) is 0 Å². The van der Waals surface area contributed by atoms with Gasteiger partial charge in [-0.05, 0) is 36.6 Å². The summed E-state index contributed by atoms with van der Waals surface area (Å²) in [5.74, 6) is 1.35. The van der Waals surface area contributed by atoms with Crippen molar-refractivity contribution in [3.05, 3.63) is 70.8 Å². The third-order valence-corrected chi connectivity index (χ3v) is 4.97. The van der Waals surface area contributed by atoms with E-state index in [4.69, 9.17) is 9.47 Å². The molecule has 1 aliphatic rings. The minimum absolute atomic E-state index is 0.00462. The number of benzene rings is 2. The number of ether oxygens (including phenoxy) is 2. The number of carbonyl (C=O) groups excluding carboxylic acids is 1. The summed E-state index contributed by atoms with van der Waals surface area (Å²) in [6.45, 7) is 5.18. The highest BCUT2D eigenvalue weighted by Crippen LogP contribution is 2.27. The summed E-state index contributed by atoms with van der Waals surface area (Å²) in [5, 5.41) is 3.01. The molecule has 148 valence electrons. The molecule has 1 aliphatic heterocycles. The predicted molar refractivity (Wildman–Crippen MR) is 111 cm³/mol. The smallest absolute Gasteiger partial charge is 0.247 e. The highest BCUT2D eigenvalue weighted by atomic mass is 16.5. The van der Waals surface area contributed by atoms with Crippen molar-refractivity contribution in [3.8, 4) is 11.5 Å². The van der Waals surface area contributed by atoms with Crippen LogP contribution in [0.3, 0.4) is 0 Å². The van der Waals surface area contributed by atoms with E-state index in [0.717, 1.165) is 37.2 Å². The first-order chi connectivity index (χ1) is 13.6. The zero-order valence-electron chi connectivity index (χ0n) is 16.8. The van der Waals surface area contributed by atoms with E-state index in [1.54, 1.807) is 14.2 Å². The van der Waals surface area contributed by atoms with E-state index in [9.17, 15) is 4.79 Å². The van der Waals surface area contributed by atoms with Gasteiger partial charge < -0.3 is 14.8 Å². The third kappa shape index (κ3) is 5.14. The normalized spacial score (nSPS) is 14.3. The monoisotopic (exact) mass is 380 g/mol. The summed E-state index contributed by atoms with van der Waals surface area (Å²) in [4.78, 5) is 14.9. The first-order valence-electron chi connectivity index (χ1n) is 9.55. The molecular weight excluding hydrogens is 352 g/mol. The van der Waals surface area contributed by atoms with Crippen molar-refractivity contribution in [2.45, 2.75) is 26.4 Å². The van der Waals surface area contributed by atoms with Crippen LogP contribution in [0.1, 0.15) is 23.1 Å². The number of hydrogen-bond donors (Lipinski definition) is 1. The molecule has 1 amide bonds. The fourth-order valence-electron chi connectivity index (χ4n) is 3.42. The van der Waals surface area contributed by atoms with E-state index in [-0.39, 0.29) is 5.91 Å². The lowest BCUT2D eigenvalue weighted by molar-refractivity contribution is -0.117. The Labute approximate surface area is 167 Å². The van der Waals surface area contributed by atoms with Crippen LogP contribution in [0, 0.1) is 6.92 Å². The van der Waals surface area contributed by atoms with Crippen molar-refractivity contribution in [1.82, 2.24) is 10.2 Å². The van der Waals surface area contributed by atoms with Gasteiger partial charge in [0, 0.05) is 31.8 Å². The van der Waals surface area contributed by atoms with Crippen molar-refractivity contribution < 1.29 is 14.3 Å². The Morgan fingerprint density at radius 3 is 2.57 bits per heavy atom. The average molecular weight is 380 g/mol. The molecule has 28 heavy (non-hydrogen) atoms. The minimum atomic E-state index is 0.00462. The van der Waals surface area contributed by atoms with Crippen molar-refractivity contribution >= 4 is 5.91 Å². The zero-order valence-corrected chi connectivity index (χ0v) is 16.8. The summed E-state index contributed by atoms with van der Waals surface area (Å²) in [7, 11) is 3.21. The Morgan fingerprint density at radius 1 is 1.07 bits per heavy atom. The highest BCUT2D eigenvalue weighted by Gasteiger charge is 2.17. The molecule has 0 bridgehead atoms. The van der Waals surface area contributed by atoms with Gasteiger partial charge in [0.15, 0.2) is 11.5 Å². The lowest BCUT2D eigenvalue weighted by Gasteiger charge is -2.26. The average Bonchev–Trinajstić information content (AvgIpc) is 2.72. The molecule has 0 fully saturated rings. The van der Waals surface area contributed by atoms with E-state index >= 15 is 0 Å². The van der Waals surface area contributed by atoms with E-state index in [2.05, 4.69) is 41.4 Å². The fraction of sp³-hybridized carbons (Fsp3) is 0.348. The van der Waals surface area contributed by atoms with Crippen molar-refractivity contribution in [2.75, 3.05) is 27.3 Å². The second-order valence-electron chi connectivity index (χ2n) is 7.08. The number of carbonyl (C=O) groups is 1. The van der Waals surface area contributed by atoms with E-state index in [1.165, 1.54) is 11.1 Å². The van der Waals surface area contributed by atoms with Gasteiger partial charge in [-0.2, -0.15) is 0 Å². The maximum absolute atomic E-state index is 12.5. The van der Waals surface area contributed by atoms with Crippen LogP contribution in [0.2, 0.25) is 0 Å². The van der Waals surface area contributed by atoms with Crippen molar-refractivity contribution in [2.24, 2.45) is 0 Å². The number of amides is 1. The standard InChI is InChI=1S/C23H28N2O3/c1-17-5-4-6-19(13-17)16-25-11-9-20(10-12-25)23(26)24-15-18-7-8-21(27-2)22(14-18)28-3/h4-9,13-14H,10-12,15-16H2,1-3H3,(H,24,26). The molecule has 2 aromatic rings. The largest absolute Gasteiger partial charge is 0.493 e. The number of nitrogens with zero attached hydrogens (tertiary/aromatic N) is 1. The van der Waals surface area contributed by atoms with Gasteiger partial charge in [-0.15, -0.1) is 0 Å². The summed E-state index contributed by atoms with van der Waals surface area (Å²) in [5.41, 5.74) is 4.43. The summed E-state index contributed by atoms with van der Waals surface area (Å²) in [6, 6.07) is 14.2. The zero-order chi connectivity index (χ0) is 19.9. The minimum Gasteiger partial charge on any atom is -0.493 e. The molecule has 0 atom stereocenters. The maximum atomic E-state index is 12.5. The molecule has 0 spiro atoms. The highest BCUT2D eigenvalue weighted by molar-refractivity contribution is 5.93. The van der Waals surface area contributed by atoms with Gasteiger partial charge in [0.25, 0.3) is 0 Å². The Bertz CT molecular complexity index is 861. The Hall–Kier alpha value is -2.79. The number of hydrogen-bond acceptors (Lipinski definition) is 4. The SMILES string of the molecule is COc1ccc(CNC(=O)C2=CCN(Cc3cccc(C)c3)CC2)cc1OC. The van der Waals surface area contributed by atoms with E-state index < -0.39 is 0 Å². The fourth-order valence-corrected chi connectivity index (χ4v) is 3.42. The van der Waals surface area contributed by atoms with Crippen LogP contribution in [0.4, 0.5) is 0 Å². The van der Waals surface area contributed by atoms with Gasteiger partial charge in [0.2, 0.25) is 5.91 Å². The number of rotatable bonds is 7. The predicted octanol–water partition coefficient (Wildman–Crippen LogP) is 3.46. The summed E-state index contributed by atoms with van der Waals surface area (Å²) in [6.07, 6.45) is 2.81. The van der Waals surface area contributed by atoms with Crippen LogP contribution < -0.4 is 14.8 Å². The van der Waals surface area contributed by atoms with Crippen LogP contribution in [-0.4, -0.2) is 38.1 Å². The van der Waals surface area contributed by atoms with E-state index in [0.29, 0.717) is 18.0 Å². The quantitative estimate of drug-likeness (QED) is 0.799. The molecular formula is C23H28N2O3. The van der Waals surface area contributed by atoms with Gasteiger partial charge in [0.1, 0.15) is 0 Å². The molecule has 0 saturated carbocycles. The van der Waals surface area contributed by atoms with Gasteiger partial charge in [0.05, 0.1) is 14.2 Å². The van der Waals surface area contributed by atoms with Gasteiger partial charge >= 0.3 is 0 Å². The molecule has 0 saturated heterocycles. The molecule has 2 aromatic carbocycles. The lowest BCUT2D eigenvalue weighted by atomic mass is 10.1. The lowest BCUT2D eigenvalue weighted by Crippen LogP contribution is -2.33. The molecule has 1 heterocycles. The second-order valence-corrected chi connectivity index (χ2v) is 7.08. The number of aryl methyl sites for hydroxylation is 1. The van der Waals surface area contributed by atoms with Crippen LogP contribution in [0.5, 0.6) is 11.5 Å². The Kier molecular flexibility index (Phi) is 6.71. The Balaban J connectivity index is 1.52. The molecule has 3 rings (SSSR count). The summed E-state index contributed by atoms with van der Waals surface area (Å²) >= 11 is 0. The van der Waals surface area contributed by atoms with Crippen LogP contribution >= 0.6 is 0 Å². The molecule has 5 heteroatoms. The van der Waals surface area contributed by atoms with E-state index in [1.807, 2.05) is 24.3 Å². The summed E-state index contributed by atoms with van der Waals surface area (Å²) < 4.78 is 10.6. The van der Waals surface area contributed by atoms with Gasteiger partial charge in [-0.25, -0.2) is 0 Å². The third-order valence-electron chi connectivity index (χ3n) is 4.97. The molecule has 1 N–H and O–H groups in total. The topological polar surface area (TPSA) is 50.8 Å². The molecule has 0 radical (unpaired) electrons.